The lowest BCUT2D eigenvalue weighted by Gasteiger charge is -2.18. The first-order valence-corrected chi connectivity index (χ1v) is 10.6. The largest absolute Gasteiger partial charge is 0.467 e. The highest BCUT2D eigenvalue weighted by molar-refractivity contribution is 5.72. The summed E-state index contributed by atoms with van der Waals surface area (Å²) in [6.45, 7) is 2.09. The number of anilines is 2. The number of ether oxygens (including phenoxy) is 2. The van der Waals surface area contributed by atoms with Crippen LogP contribution in [0, 0.1) is 0 Å². The second-order valence-corrected chi connectivity index (χ2v) is 8.20. The minimum atomic E-state index is -4.49. The van der Waals surface area contributed by atoms with Gasteiger partial charge in [0.25, 0.3) is 0 Å². The molecular formula is C20H23F4N7O3. The van der Waals surface area contributed by atoms with Gasteiger partial charge >= 0.3 is 12.3 Å². The van der Waals surface area contributed by atoms with Crippen molar-refractivity contribution in [2.75, 3.05) is 11.9 Å². The van der Waals surface area contributed by atoms with Crippen LogP contribution in [0.25, 0.3) is 5.52 Å². The van der Waals surface area contributed by atoms with Crippen molar-refractivity contribution in [1.29, 1.82) is 0 Å². The molecule has 10 nitrogen and oxygen atoms in total. The first-order chi connectivity index (χ1) is 16.1. The summed E-state index contributed by atoms with van der Waals surface area (Å²) in [4.78, 5) is 16.0. The van der Waals surface area contributed by atoms with Gasteiger partial charge in [-0.15, -0.1) is 5.10 Å². The van der Waals surface area contributed by atoms with Crippen molar-refractivity contribution in [3.05, 3.63) is 30.2 Å². The van der Waals surface area contributed by atoms with Crippen molar-refractivity contribution >= 4 is 23.2 Å². The van der Waals surface area contributed by atoms with E-state index in [0.29, 0.717) is 29.9 Å². The minimum absolute atomic E-state index is 0.120. The summed E-state index contributed by atoms with van der Waals surface area (Å²) in [5, 5.41) is 16.4. The van der Waals surface area contributed by atoms with Gasteiger partial charge in [-0.05, 0) is 26.7 Å². The number of amides is 1. The lowest BCUT2D eigenvalue weighted by atomic mass is 10.0. The lowest BCUT2D eigenvalue weighted by molar-refractivity contribution is -0.154. The summed E-state index contributed by atoms with van der Waals surface area (Å²) < 4.78 is 63.4. The summed E-state index contributed by atoms with van der Waals surface area (Å²) in [5.41, 5.74) is 0.873. The molecule has 34 heavy (non-hydrogen) atoms. The molecule has 0 saturated heterocycles. The number of nitrogens with one attached hydrogen (secondary N) is 3. The fourth-order valence-corrected chi connectivity index (χ4v) is 3.71. The minimum Gasteiger partial charge on any atom is -0.467 e. The van der Waals surface area contributed by atoms with Crippen molar-refractivity contribution in [2.24, 2.45) is 0 Å². The van der Waals surface area contributed by atoms with Gasteiger partial charge in [-0.25, -0.2) is 18.7 Å². The molecule has 4 rings (SSSR count). The number of hydrogen-bond donors (Lipinski definition) is 3. The molecule has 3 atom stereocenters. The molecule has 3 N–H and O–H groups in total. The van der Waals surface area contributed by atoms with Gasteiger partial charge in [0, 0.05) is 42.2 Å². The molecule has 1 amide bonds. The Morgan fingerprint density at radius 1 is 1.32 bits per heavy atom. The number of aromatic nitrogens is 5. The number of hydrogen-bond acceptors (Lipinski definition) is 7. The van der Waals surface area contributed by atoms with E-state index in [0.717, 1.165) is 0 Å². The summed E-state index contributed by atoms with van der Waals surface area (Å²) in [6.07, 6.45) is -3.72. The first-order valence-electron chi connectivity index (χ1n) is 10.6. The third kappa shape index (κ3) is 5.48. The molecule has 0 spiro atoms. The molecule has 3 aromatic heterocycles. The Kier molecular flexibility index (Phi) is 6.48. The molecule has 1 saturated carbocycles. The fraction of sp³-hybridized carbons (Fsp3) is 0.500. The van der Waals surface area contributed by atoms with E-state index in [2.05, 4.69) is 35.7 Å². The number of carbonyl (C=O) groups excluding carboxylic acids is 1. The van der Waals surface area contributed by atoms with Crippen LogP contribution in [0.2, 0.25) is 0 Å². The maximum atomic E-state index is 14.9. The normalized spacial score (nSPS) is 20.6. The van der Waals surface area contributed by atoms with E-state index in [1.54, 1.807) is 19.9 Å². The van der Waals surface area contributed by atoms with Crippen LogP contribution in [0.4, 0.5) is 34.0 Å². The quantitative estimate of drug-likeness (QED) is 0.435. The summed E-state index contributed by atoms with van der Waals surface area (Å²) in [5.74, 6) is -0.163. The highest BCUT2D eigenvalue weighted by Gasteiger charge is 2.41. The molecule has 0 aliphatic heterocycles. The topological polar surface area (TPSA) is 118 Å². The second-order valence-electron chi connectivity index (χ2n) is 8.20. The van der Waals surface area contributed by atoms with Crippen LogP contribution in [0.5, 0.6) is 5.88 Å². The summed E-state index contributed by atoms with van der Waals surface area (Å²) in [6, 6.07) is 2.80. The zero-order valence-electron chi connectivity index (χ0n) is 18.3. The molecule has 3 aromatic rings. The van der Waals surface area contributed by atoms with Crippen LogP contribution in [0.3, 0.4) is 0 Å². The lowest BCUT2D eigenvalue weighted by Crippen LogP contribution is -2.36. The standard InChI is InChI=1S/C20H23F4N7O3/c1-10(2)26-19(32)34-14-4-3-11(17(14)21)12-7-15(29-28-12)27-18-13-8-16(33-9-20(22,23)24)30-31(13)6-5-25-18/h5-8,10-11,14,17H,3-4,9H2,1-2H3,(H,26,32)(H2,25,27,28,29)/t11-,14-,17-/m1/s1. The average molecular weight is 485 g/mol. The average Bonchev–Trinajstić information content (AvgIpc) is 3.45. The Morgan fingerprint density at radius 3 is 2.85 bits per heavy atom. The number of aromatic amines is 1. The number of rotatable bonds is 7. The van der Waals surface area contributed by atoms with Gasteiger partial charge in [0.15, 0.2) is 18.2 Å². The van der Waals surface area contributed by atoms with E-state index in [-0.39, 0.29) is 17.7 Å². The predicted octanol–water partition coefficient (Wildman–Crippen LogP) is 3.86. The number of halogens is 4. The van der Waals surface area contributed by atoms with Gasteiger partial charge in [0.2, 0.25) is 5.88 Å². The Balaban J connectivity index is 1.43. The summed E-state index contributed by atoms with van der Waals surface area (Å²) in [7, 11) is 0. The van der Waals surface area contributed by atoms with Crippen LogP contribution in [0.1, 0.15) is 38.3 Å². The van der Waals surface area contributed by atoms with E-state index in [4.69, 9.17) is 4.74 Å². The highest BCUT2D eigenvalue weighted by atomic mass is 19.4. The third-order valence-electron chi connectivity index (χ3n) is 5.16. The Morgan fingerprint density at radius 2 is 2.12 bits per heavy atom. The van der Waals surface area contributed by atoms with Crippen molar-refractivity contribution < 1.29 is 31.8 Å². The van der Waals surface area contributed by atoms with E-state index in [9.17, 15) is 22.4 Å². The Labute approximate surface area is 191 Å². The molecule has 0 bridgehead atoms. The van der Waals surface area contributed by atoms with E-state index in [1.165, 1.54) is 23.0 Å². The number of H-pyrrole nitrogens is 1. The maximum Gasteiger partial charge on any atom is 0.422 e. The number of alkyl carbamates (subject to hydrolysis) is 1. The number of nitrogens with zero attached hydrogens (tertiary/aromatic N) is 4. The molecule has 3 heterocycles. The molecule has 1 fully saturated rings. The zero-order valence-corrected chi connectivity index (χ0v) is 18.3. The van der Waals surface area contributed by atoms with E-state index >= 15 is 0 Å². The fourth-order valence-electron chi connectivity index (χ4n) is 3.71. The van der Waals surface area contributed by atoms with Crippen LogP contribution < -0.4 is 15.4 Å². The molecule has 184 valence electrons. The van der Waals surface area contributed by atoms with Gasteiger partial charge in [0.1, 0.15) is 17.8 Å². The number of carbonyl (C=O) groups is 1. The summed E-state index contributed by atoms with van der Waals surface area (Å²) >= 11 is 0. The van der Waals surface area contributed by atoms with Crippen molar-refractivity contribution in [3.63, 3.8) is 0 Å². The monoisotopic (exact) mass is 485 g/mol. The van der Waals surface area contributed by atoms with E-state index in [1.807, 2.05) is 0 Å². The maximum absolute atomic E-state index is 14.9. The van der Waals surface area contributed by atoms with Crippen molar-refractivity contribution in [2.45, 2.75) is 57.1 Å². The zero-order chi connectivity index (χ0) is 24.5. The van der Waals surface area contributed by atoms with Crippen LogP contribution in [-0.4, -0.2) is 62.0 Å². The SMILES string of the molecule is CC(C)NC(=O)O[C@@H]1CC[C@H](c2cc(Nc3nccn4nc(OCC(F)(F)F)cc34)n[nH]2)[C@H]1F. The smallest absolute Gasteiger partial charge is 0.422 e. The molecular weight excluding hydrogens is 462 g/mol. The van der Waals surface area contributed by atoms with E-state index < -0.39 is 37.1 Å². The van der Waals surface area contributed by atoms with Crippen molar-refractivity contribution in [1.82, 2.24) is 30.1 Å². The molecule has 14 heteroatoms. The highest BCUT2D eigenvalue weighted by Crippen LogP contribution is 2.38. The van der Waals surface area contributed by atoms with Crippen LogP contribution in [-0.2, 0) is 4.74 Å². The van der Waals surface area contributed by atoms with Gasteiger partial charge in [0.05, 0.1) is 0 Å². The number of alkyl halides is 4. The van der Waals surface area contributed by atoms with Gasteiger partial charge in [-0.2, -0.15) is 18.3 Å². The predicted molar refractivity (Wildman–Crippen MR) is 112 cm³/mol. The third-order valence-corrected chi connectivity index (χ3v) is 5.16. The molecule has 1 aliphatic carbocycles. The Bertz CT molecular complexity index is 1150. The Hall–Kier alpha value is -3.58. The number of fused-ring (bicyclic) bond motifs is 1. The van der Waals surface area contributed by atoms with Gasteiger partial charge < -0.3 is 20.1 Å². The van der Waals surface area contributed by atoms with Gasteiger partial charge in [-0.3, -0.25) is 5.10 Å². The first kappa shape index (κ1) is 23.6. The van der Waals surface area contributed by atoms with Crippen LogP contribution in [0.15, 0.2) is 24.5 Å². The molecule has 0 radical (unpaired) electrons. The van der Waals surface area contributed by atoms with Gasteiger partial charge in [-0.1, -0.05) is 0 Å². The van der Waals surface area contributed by atoms with Crippen molar-refractivity contribution in [3.8, 4) is 5.88 Å². The molecule has 0 aromatic carbocycles. The second kappa shape index (κ2) is 9.35. The van der Waals surface area contributed by atoms with Crippen LogP contribution >= 0.6 is 0 Å². The molecule has 1 aliphatic rings. The molecule has 0 unspecified atom stereocenters.